The number of carbonyl (C=O) groups excluding carboxylic acids is 1. The second-order valence-corrected chi connectivity index (χ2v) is 11.6. The molecule has 204 valence electrons. The molecular formula is C23H26Cl2F3N3O5S. The fourth-order valence-electron chi connectivity index (χ4n) is 3.93. The van der Waals surface area contributed by atoms with Gasteiger partial charge in [-0.3, -0.25) is 4.79 Å². The zero-order valence-electron chi connectivity index (χ0n) is 20.2. The van der Waals surface area contributed by atoms with E-state index in [4.69, 9.17) is 32.7 Å². The lowest BCUT2D eigenvalue weighted by atomic mass is 9.94. The molecule has 37 heavy (non-hydrogen) atoms. The molecule has 0 spiro atoms. The van der Waals surface area contributed by atoms with Crippen LogP contribution >= 0.6 is 23.2 Å². The number of hydrogen-bond donors (Lipinski definition) is 1. The van der Waals surface area contributed by atoms with Gasteiger partial charge >= 0.3 is 6.18 Å². The highest BCUT2D eigenvalue weighted by molar-refractivity contribution is 7.88. The monoisotopic (exact) mass is 583 g/mol. The van der Waals surface area contributed by atoms with Gasteiger partial charge in [-0.1, -0.05) is 23.2 Å². The summed E-state index contributed by atoms with van der Waals surface area (Å²) in [5, 5.41) is 2.75. The van der Waals surface area contributed by atoms with Gasteiger partial charge in [-0.2, -0.15) is 13.2 Å². The van der Waals surface area contributed by atoms with Crippen LogP contribution in [0.3, 0.4) is 0 Å². The van der Waals surface area contributed by atoms with E-state index in [-0.39, 0.29) is 51.2 Å². The van der Waals surface area contributed by atoms with Crippen LogP contribution in [0.1, 0.15) is 37.7 Å². The van der Waals surface area contributed by atoms with Crippen molar-refractivity contribution >= 4 is 44.8 Å². The van der Waals surface area contributed by atoms with E-state index in [9.17, 15) is 26.4 Å². The molecule has 0 aliphatic carbocycles. The molecule has 1 fully saturated rings. The van der Waals surface area contributed by atoms with Crippen LogP contribution in [0.4, 0.5) is 18.9 Å². The molecule has 1 aromatic carbocycles. The average molecular weight is 584 g/mol. The number of pyridine rings is 1. The highest BCUT2D eigenvalue weighted by Crippen LogP contribution is 2.42. The van der Waals surface area contributed by atoms with E-state index in [1.165, 1.54) is 29.7 Å². The van der Waals surface area contributed by atoms with E-state index in [1.807, 2.05) is 0 Å². The number of hydrogen-bond acceptors (Lipinski definition) is 6. The van der Waals surface area contributed by atoms with Gasteiger partial charge in [0, 0.05) is 30.8 Å². The van der Waals surface area contributed by atoms with Gasteiger partial charge in [-0.15, -0.1) is 0 Å². The van der Waals surface area contributed by atoms with E-state index in [2.05, 4.69) is 10.3 Å². The molecule has 1 unspecified atom stereocenters. The number of piperidine rings is 1. The molecule has 0 bridgehead atoms. The van der Waals surface area contributed by atoms with Gasteiger partial charge in [-0.05, 0) is 43.9 Å². The number of aromatic nitrogens is 1. The van der Waals surface area contributed by atoms with Crippen molar-refractivity contribution in [1.82, 2.24) is 9.29 Å². The molecule has 0 saturated carbocycles. The molecule has 8 nitrogen and oxygen atoms in total. The number of amides is 1. The molecular weight excluding hydrogens is 558 g/mol. The Hall–Kier alpha value is -2.28. The first kappa shape index (κ1) is 29.3. The third-order valence-electron chi connectivity index (χ3n) is 6.02. The number of alkyl halides is 3. The van der Waals surface area contributed by atoms with Crippen LogP contribution in [-0.4, -0.2) is 56.2 Å². The number of rotatable bonds is 8. The second-order valence-electron chi connectivity index (χ2n) is 8.76. The van der Waals surface area contributed by atoms with Crippen molar-refractivity contribution in [3.05, 3.63) is 40.0 Å². The molecule has 1 amide bonds. The summed E-state index contributed by atoms with van der Waals surface area (Å²) in [6.45, 7) is 1.71. The number of nitrogens with one attached hydrogen (secondary N) is 1. The zero-order valence-corrected chi connectivity index (χ0v) is 22.6. The van der Waals surface area contributed by atoms with E-state index in [0.717, 1.165) is 19.2 Å². The Kier molecular flexibility index (Phi) is 9.20. The van der Waals surface area contributed by atoms with Crippen molar-refractivity contribution in [2.75, 3.05) is 31.8 Å². The van der Waals surface area contributed by atoms with Crippen molar-refractivity contribution < 1.29 is 35.9 Å². The summed E-state index contributed by atoms with van der Waals surface area (Å²) in [6.07, 6.45) is -0.841. The minimum Gasteiger partial charge on any atom is -0.481 e. The topological polar surface area (TPSA) is 97.8 Å². The summed E-state index contributed by atoms with van der Waals surface area (Å²) in [5.74, 6) is -2.36. The molecule has 1 N–H and O–H groups in total. The minimum atomic E-state index is -4.52. The maximum absolute atomic E-state index is 13.3. The Morgan fingerprint density at radius 3 is 2.32 bits per heavy atom. The van der Waals surface area contributed by atoms with Crippen LogP contribution in [0, 0.1) is 5.92 Å². The van der Waals surface area contributed by atoms with E-state index in [0.29, 0.717) is 31.6 Å². The van der Waals surface area contributed by atoms with Crippen LogP contribution in [0.5, 0.6) is 17.4 Å². The Balaban J connectivity index is 1.69. The maximum Gasteiger partial charge on any atom is 0.395 e. The van der Waals surface area contributed by atoms with E-state index < -0.39 is 22.1 Å². The first-order valence-corrected chi connectivity index (χ1v) is 13.8. The van der Waals surface area contributed by atoms with Gasteiger partial charge in [0.2, 0.25) is 21.8 Å². The summed E-state index contributed by atoms with van der Waals surface area (Å²) < 4.78 is 75.1. The summed E-state index contributed by atoms with van der Waals surface area (Å²) in [6, 6.07) is 3.97. The third kappa shape index (κ3) is 7.62. The fraction of sp³-hybridized carbons (Fsp3) is 0.478. The van der Waals surface area contributed by atoms with Crippen LogP contribution in [0.2, 0.25) is 10.0 Å². The first-order valence-electron chi connectivity index (χ1n) is 11.2. The van der Waals surface area contributed by atoms with Crippen molar-refractivity contribution in [2.24, 2.45) is 5.92 Å². The van der Waals surface area contributed by atoms with Gasteiger partial charge in [0.25, 0.3) is 0 Å². The van der Waals surface area contributed by atoms with Gasteiger partial charge in [0.15, 0.2) is 5.75 Å². The molecule has 1 aromatic heterocycles. The third-order valence-corrected chi connectivity index (χ3v) is 7.89. The molecule has 2 heterocycles. The Labute approximate surface area is 223 Å². The number of halogens is 5. The second kappa shape index (κ2) is 11.6. The number of carbonyl (C=O) groups is 1. The number of methoxy groups -OCH3 is 1. The highest BCUT2D eigenvalue weighted by atomic mass is 35.5. The lowest BCUT2D eigenvalue weighted by Gasteiger charge is -2.29. The molecule has 1 aliphatic heterocycles. The zero-order chi connectivity index (χ0) is 27.5. The van der Waals surface area contributed by atoms with Gasteiger partial charge < -0.3 is 14.8 Å². The Bertz CT molecular complexity index is 1230. The molecule has 2 aromatic rings. The van der Waals surface area contributed by atoms with Crippen LogP contribution < -0.4 is 14.8 Å². The lowest BCUT2D eigenvalue weighted by molar-refractivity contribution is -0.146. The standard InChI is InChI=1S/C23H26Cl2F3N3O5S/c1-13(23(26,27)28)17-11-16(12-29-22(17)35-2)36-21-18(24)9-15(10-19(21)25)30-20(32)8-14-4-6-31(7-5-14)37(3,33)34/h9-14H,4-8H2,1-3H3,(H,30,32). The van der Waals surface area contributed by atoms with Crippen molar-refractivity contribution in [3.63, 3.8) is 0 Å². The number of benzene rings is 1. The molecule has 1 aliphatic rings. The predicted molar refractivity (Wildman–Crippen MR) is 134 cm³/mol. The Morgan fingerprint density at radius 1 is 1.22 bits per heavy atom. The van der Waals surface area contributed by atoms with Crippen LogP contribution in [0.15, 0.2) is 24.4 Å². The number of nitrogens with zero attached hydrogens (tertiary/aromatic N) is 2. The molecule has 3 rings (SSSR count). The van der Waals surface area contributed by atoms with Gasteiger partial charge in [-0.25, -0.2) is 17.7 Å². The summed E-state index contributed by atoms with van der Waals surface area (Å²) in [5.41, 5.74) is 0.0890. The van der Waals surface area contributed by atoms with Crippen molar-refractivity contribution in [3.8, 4) is 17.4 Å². The molecule has 0 radical (unpaired) electrons. The quantitative estimate of drug-likeness (QED) is 0.418. The maximum atomic E-state index is 13.3. The minimum absolute atomic E-state index is 0.0190. The fourth-order valence-corrected chi connectivity index (χ4v) is 5.37. The number of sulfonamides is 1. The van der Waals surface area contributed by atoms with Crippen LogP contribution in [0.25, 0.3) is 0 Å². The van der Waals surface area contributed by atoms with Crippen LogP contribution in [-0.2, 0) is 14.8 Å². The van der Waals surface area contributed by atoms with E-state index in [1.54, 1.807) is 0 Å². The summed E-state index contributed by atoms with van der Waals surface area (Å²) in [7, 11) is -2.03. The lowest BCUT2D eigenvalue weighted by Crippen LogP contribution is -2.38. The normalized spacial score (nSPS) is 16.3. The molecule has 1 atom stereocenters. The summed E-state index contributed by atoms with van der Waals surface area (Å²) >= 11 is 12.6. The van der Waals surface area contributed by atoms with Crippen molar-refractivity contribution in [2.45, 2.75) is 38.3 Å². The summed E-state index contributed by atoms with van der Waals surface area (Å²) in [4.78, 5) is 16.4. The number of anilines is 1. The smallest absolute Gasteiger partial charge is 0.395 e. The largest absolute Gasteiger partial charge is 0.481 e. The van der Waals surface area contributed by atoms with Gasteiger partial charge in [0.05, 0.1) is 35.5 Å². The molecule has 1 saturated heterocycles. The van der Waals surface area contributed by atoms with Gasteiger partial charge in [0.1, 0.15) is 5.75 Å². The number of ether oxygens (including phenoxy) is 2. The highest BCUT2D eigenvalue weighted by Gasteiger charge is 2.39. The average Bonchev–Trinajstić information content (AvgIpc) is 2.80. The first-order chi connectivity index (χ1) is 17.2. The predicted octanol–water partition coefficient (Wildman–Crippen LogP) is 5.86. The Morgan fingerprint density at radius 2 is 1.81 bits per heavy atom. The SMILES string of the molecule is COc1ncc(Oc2c(Cl)cc(NC(=O)CC3CCN(S(C)(=O)=O)CC3)cc2Cl)cc1C(C)C(F)(F)F. The van der Waals surface area contributed by atoms with E-state index >= 15 is 0 Å². The molecule has 14 heteroatoms. The van der Waals surface area contributed by atoms with Crippen molar-refractivity contribution in [1.29, 1.82) is 0 Å².